The summed E-state index contributed by atoms with van der Waals surface area (Å²) in [6.45, 7) is 24.9. The van der Waals surface area contributed by atoms with Crippen molar-refractivity contribution in [1.82, 2.24) is 51.4 Å². The Bertz CT molecular complexity index is 4490. The van der Waals surface area contributed by atoms with E-state index in [9.17, 15) is 72.5 Å². The lowest BCUT2D eigenvalue weighted by molar-refractivity contribution is -0.142. The van der Waals surface area contributed by atoms with E-state index in [-0.39, 0.29) is 111 Å². The number of aliphatic carboxylic acids is 2. The van der Waals surface area contributed by atoms with Gasteiger partial charge < -0.3 is 69.8 Å². The van der Waals surface area contributed by atoms with Gasteiger partial charge in [-0.25, -0.2) is 14.8 Å². The Morgan fingerprint density at radius 3 is 2.10 bits per heavy atom. The molecule has 2 saturated heterocycles. The highest BCUT2D eigenvalue weighted by Gasteiger charge is 2.40. The maximum Gasteiger partial charge on any atom is 0.326 e. The van der Waals surface area contributed by atoms with Gasteiger partial charge >= 0.3 is 11.9 Å². The van der Waals surface area contributed by atoms with E-state index < -0.39 is 119 Å². The van der Waals surface area contributed by atoms with E-state index in [2.05, 4.69) is 156 Å². The number of aromatic nitrogens is 4. The number of amides is 7. The van der Waals surface area contributed by atoms with Gasteiger partial charge in [-0.2, -0.15) is 4.98 Å². The summed E-state index contributed by atoms with van der Waals surface area (Å²) in [5.74, 6) is -7.77. The number of guanidine groups is 1. The third kappa shape index (κ3) is 38.5. The van der Waals surface area contributed by atoms with E-state index in [0.29, 0.717) is 104 Å². The second-order valence-corrected chi connectivity index (χ2v) is 34.5. The van der Waals surface area contributed by atoms with Crippen molar-refractivity contribution in [2.45, 2.75) is 247 Å². The molecule has 0 spiro atoms. The molecule has 4 heterocycles. The third-order valence-corrected chi connectivity index (χ3v) is 22.0. The summed E-state index contributed by atoms with van der Waals surface area (Å²) in [6.07, 6.45) is 21.8. The number of nitrogens with zero attached hydrogens (tertiary/aromatic N) is 5. The molecule has 7 amide bonds. The van der Waals surface area contributed by atoms with Gasteiger partial charge in [0.1, 0.15) is 35.7 Å². The Labute approximate surface area is 725 Å². The molecule has 2 unspecified atom stereocenters. The van der Waals surface area contributed by atoms with Gasteiger partial charge in [0, 0.05) is 81.8 Å². The lowest BCUT2D eigenvalue weighted by Crippen LogP contribution is -2.57. The number of nitrogens with two attached hydrogens (primary N) is 4. The van der Waals surface area contributed by atoms with E-state index in [0.717, 1.165) is 23.1 Å². The molecule has 0 saturated carbocycles. The van der Waals surface area contributed by atoms with Gasteiger partial charge in [0.15, 0.2) is 22.9 Å². The summed E-state index contributed by atoms with van der Waals surface area (Å²) in [7, 11) is 0. The van der Waals surface area contributed by atoms with Gasteiger partial charge in [0.05, 0.1) is 48.6 Å². The summed E-state index contributed by atoms with van der Waals surface area (Å²) >= 11 is 1.12. The van der Waals surface area contributed by atoms with Gasteiger partial charge in [0.2, 0.25) is 41.4 Å². The number of carboxylic acids is 2. The number of ketones is 3. The van der Waals surface area contributed by atoms with Crippen molar-refractivity contribution in [2.75, 3.05) is 49.7 Å². The van der Waals surface area contributed by atoms with Crippen molar-refractivity contribution in [3.8, 4) is 0 Å². The zero-order valence-corrected chi connectivity index (χ0v) is 74.0. The van der Waals surface area contributed by atoms with Gasteiger partial charge in [-0.3, -0.25) is 72.4 Å². The van der Waals surface area contributed by atoms with Crippen LogP contribution in [0.1, 0.15) is 220 Å². The highest BCUT2D eigenvalue weighted by Crippen LogP contribution is 2.41. The number of carbonyl (C=O) groups excluding carboxylic acids is 10. The summed E-state index contributed by atoms with van der Waals surface area (Å²) in [4.78, 5) is 186. The van der Waals surface area contributed by atoms with Crippen LogP contribution in [0, 0.1) is 29.1 Å². The SMILES string of the molecule is CC(C)CCOCCCC(=O)CCN1C(=O)CC(SCC(N)C(=O)CCCCC[C@@H]2NC(=O)[C@H](Cc3ccccc3)NC(=O)[C@@H](CC(=O)O)CC(=O)CNC(=O)[C@H](CCCN=C(N)N)NC2=O)C1=O.CC(C)CC[C@H](NC(=O)c1ccc(NCc2cnc3nc(N)[nH]c(=O)c3n2)cc1)C(=O)O.CC1=C(/C=C/C(C)=C/C=C/C(C)=C/C(C)C)C(C)(C)CCC1. The number of rotatable bonds is 42. The first-order valence-corrected chi connectivity index (χ1v) is 43.5. The summed E-state index contributed by atoms with van der Waals surface area (Å²) in [5.41, 5.74) is 30.6. The largest absolute Gasteiger partial charge is 0.481 e. The first kappa shape index (κ1) is 102. The Morgan fingerprint density at radius 1 is 0.764 bits per heavy atom. The molecule has 7 atom stereocenters. The number of thioether (sulfide) groups is 1. The molecule has 2 fully saturated rings. The van der Waals surface area contributed by atoms with E-state index >= 15 is 0 Å². The number of ether oxygens (including phenoxy) is 1. The second-order valence-electron chi connectivity index (χ2n) is 33.3. The second kappa shape index (κ2) is 53.1. The number of benzene rings is 2. The summed E-state index contributed by atoms with van der Waals surface area (Å²) < 4.78 is 5.55. The number of nitrogens with one attached hydrogen (secondary N) is 7. The molecule has 2 aromatic carbocycles. The molecule has 2 aromatic heterocycles. The van der Waals surface area contributed by atoms with E-state index in [1.807, 2.05) is 13.8 Å². The number of hydrogen-bond acceptors (Lipinski definition) is 22. The molecule has 33 heteroatoms. The van der Waals surface area contributed by atoms with E-state index in [1.165, 1.54) is 42.2 Å². The molecular formula is C90H130N16O16S. The van der Waals surface area contributed by atoms with Crippen molar-refractivity contribution in [1.29, 1.82) is 0 Å². The predicted molar refractivity (Wildman–Crippen MR) is 477 cm³/mol. The van der Waals surface area contributed by atoms with Crippen molar-refractivity contribution >= 4 is 111 Å². The molecule has 32 nitrogen and oxygen atoms in total. The average Bonchev–Trinajstić information content (AvgIpc) is 1.57. The maximum absolute atomic E-state index is 14.0. The number of imide groups is 1. The van der Waals surface area contributed by atoms with E-state index in [4.69, 9.17) is 27.7 Å². The van der Waals surface area contributed by atoms with Crippen LogP contribution in [0.25, 0.3) is 11.2 Å². The van der Waals surface area contributed by atoms with Crippen molar-refractivity contribution in [3.05, 3.63) is 147 Å². The number of carbonyl (C=O) groups is 12. The number of H-pyrrole nitrogens is 1. The molecule has 1 aliphatic carbocycles. The standard InChI is InChI=1S/C47H71N9O12S.C22H34.C21H25N7O4/c1-29(2)18-22-68-21-10-13-32(57)17-20-56-40(60)26-39(46(56)67)69-28-34(48)38(59)16-8-4-7-14-36-44(65)53-35(15-9-19-51-47(49)50)43(64)52-27-33(58)24-31(25-41(61)62)42(63)55-37(45(66)54-36)23-30-11-5-3-6-12-30;1-17(2)16-19(4)11-8-10-18(3)13-14-21-20(5)12-9-15-22(21,6)7;1-11(2)3-8-15(20(31)32)26-18(29)12-4-6-13(7-5-12)23-9-14-10-24-17-16(25-14)19(30)28-21(22)27-17/h3,5-6,11-12,29,31,34-37,39H,4,7-10,13-28,48H2,1-2H3,(H,52,64)(H,53,65)(H,54,66)(H,55,63)(H,61,62)(H4,49,50,51);8,10-11,13-14,16-17H,9,12,15H2,1-7H3;4-7,10-11,15,23H,3,8-9H2,1-2H3,(H,26,29)(H,31,32)(H3,22,24,27,28,30)/b;11-8+,14-13+,18-10+,19-16+;/t31-,34?,35+,36+,37+,39?;;15-/m1.0/s1. The van der Waals surface area contributed by atoms with Crippen LogP contribution in [0.2, 0.25) is 0 Å². The summed E-state index contributed by atoms with van der Waals surface area (Å²) in [6, 6.07) is 9.63. The average molecular weight is 1720 g/mol. The normalized spacial score (nSPS) is 18.7. The minimum atomic E-state index is -1.38. The molecule has 7 rings (SSSR count). The highest BCUT2D eigenvalue weighted by atomic mass is 32.2. The molecule has 672 valence electrons. The minimum Gasteiger partial charge on any atom is -0.481 e. The van der Waals surface area contributed by atoms with Crippen LogP contribution in [0.3, 0.4) is 0 Å². The van der Waals surface area contributed by atoms with Crippen molar-refractivity contribution in [3.63, 3.8) is 0 Å². The molecule has 0 radical (unpaired) electrons. The van der Waals surface area contributed by atoms with Crippen LogP contribution in [0.5, 0.6) is 0 Å². The lowest BCUT2D eigenvalue weighted by atomic mass is 9.72. The summed E-state index contributed by atoms with van der Waals surface area (Å²) in [5, 5.41) is 34.3. The molecule has 3 aliphatic rings. The smallest absolute Gasteiger partial charge is 0.326 e. The number of nitrogen functional groups attached to an aromatic ring is 1. The maximum atomic E-state index is 14.0. The Kier molecular flexibility index (Phi) is 44.2. The van der Waals surface area contributed by atoms with Crippen LogP contribution in [-0.4, -0.2) is 186 Å². The first-order valence-electron chi connectivity index (χ1n) is 42.4. The Hall–Kier alpha value is -11.1. The Morgan fingerprint density at radius 2 is 1.44 bits per heavy atom. The fourth-order valence-corrected chi connectivity index (χ4v) is 14.9. The zero-order chi connectivity index (χ0) is 90.9. The third-order valence-electron chi connectivity index (χ3n) is 20.7. The topological polar surface area (TPSA) is 518 Å². The van der Waals surface area contributed by atoms with Gasteiger partial charge in [-0.05, 0) is 150 Å². The number of Topliss-reactive ketones (excluding diaryl/α,β-unsaturated/α-hetero) is 3. The Balaban J connectivity index is 0.000000403. The quantitative estimate of drug-likeness (QED) is 0.00646. The number of unbranched alkanes of at least 4 members (excludes halogenated alkanes) is 2. The fourth-order valence-electron chi connectivity index (χ4n) is 13.8. The van der Waals surface area contributed by atoms with Crippen LogP contribution in [0.15, 0.2) is 129 Å². The number of anilines is 2. The molecule has 4 aromatic rings. The number of likely N-dealkylation sites (tertiary alicyclic amines) is 1. The highest BCUT2D eigenvalue weighted by molar-refractivity contribution is 8.00. The molecule has 123 heavy (non-hydrogen) atoms. The molecular weight excluding hydrogens is 1590 g/mol. The van der Waals surface area contributed by atoms with Crippen molar-refractivity contribution < 1.29 is 72.5 Å². The number of allylic oxidation sites excluding steroid dienone is 10. The van der Waals surface area contributed by atoms with Gasteiger partial charge in [0.25, 0.3) is 11.5 Å². The predicted octanol–water partition coefficient (Wildman–Crippen LogP) is 9.13. The van der Waals surface area contributed by atoms with Crippen LogP contribution in [-0.2, 0) is 70.4 Å². The zero-order valence-electron chi connectivity index (χ0n) is 73.2. The minimum absolute atomic E-state index is 0.00241. The molecule has 0 bridgehead atoms. The van der Waals surface area contributed by atoms with Crippen molar-refractivity contribution in [2.24, 2.45) is 51.3 Å². The first-order chi connectivity index (χ1) is 58.3. The van der Waals surface area contributed by atoms with E-state index in [1.54, 1.807) is 60.2 Å². The number of aromatic amines is 1. The van der Waals surface area contributed by atoms with Crippen LogP contribution >= 0.6 is 11.8 Å². The van der Waals surface area contributed by atoms with Crippen LogP contribution < -0.4 is 60.4 Å². The molecule has 2 aliphatic heterocycles. The number of fused-ring (bicyclic) bond motifs is 1. The molecule has 17 N–H and O–H groups in total. The number of carboxylic acid groups (broad SMARTS) is 2. The lowest BCUT2D eigenvalue weighted by Gasteiger charge is -2.32. The monoisotopic (exact) mass is 1720 g/mol. The number of hydrogen-bond donors (Lipinski definition) is 13. The van der Waals surface area contributed by atoms with Gasteiger partial charge in [-0.15, -0.1) is 11.8 Å². The fraction of sp³-hybridized carbons (Fsp3) is 0.544. The number of aliphatic imine (C=N–C) groups is 1. The van der Waals surface area contributed by atoms with Gasteiger partial charge in [-0.1, -0.05) is 152 Å². The van der Waals surface area contributed by atoms with Crippen LogP contribution in [0.4, 0.5) is 11.6 Å².